The van der Waals surface area contributed by atoms with E-state index in [1.54, 1.807) is 18.2 Å². The summed E-state index contributed by atoms with van der Waals surface area (Å²) in [7, 11) is 0. The summed E-state index contributed by atoms with van der Waals surface area (Å²) in [5.41, 5.74) is 3.37. The van der Waals surface area contributed by atoms with Gasteiger partial charge in [0.1, 0.15) is 12.4 Å². The van der Waals surface area contributed by atoms with Crippen molar-refractivity contribution in [3.8, 4) is 5.75 Å². The number of aryl methyl sites for hydroxylation is 1. The summed E-state index contributed by atoms with van der Waals surface area (Å²) < 4.78 is 7.28. The number of anilines is 1. The number of carbonyl (C=O) groups is 1. The maximum absolute atomic E-state index is 13.1. The van der Waals surface area contributed by atoms with Gasteiger partial charge in [-0.3, -0.25) is 19.8 Å². The van der Waals surface area contributed by atoms with Gasteiger partial charge in [-0.05, 0) is 61.0 Å². The Morgan fingerprint density at radius 2 is 1.82 bits per heavy atom. The Labute approximate surface area is 208 Å². The van der Waals surface area contributed by atoms with E-state index < -0.39 is 4.92 Å². The van der Waals surface area contributed by atoms with E-state index in [1.165, 1.54) is 28.8 Å². The molecule has 0 spiro atoms. The molecule has 0 bridgehead atoms. The van der Waals surface area contributed by atoms with Gasteiger partial charge in [-0.15, -0.1) is 0 Å². The Morgan fingerprint density at radius 3 is 2.48 bits per heavy atom. The second kappa shape index (κ2) is 9.86. The van der Waals surface area contributed by atoms with Gasteiger partial charge >= 0.3 is 0 Å². The first-order valence-electron chi connectivity index (χ1n) is 9.82. The Hall–Kier alpha value is -3.01. The molecule has 0 unspecified atom stereocenters. The zero-order chi connectivity index (χ0) is 23.5. The average molecular weight is 541 g/mol. The van der Waals surface area contributed by atoms with Gasteiger partial charge in [0.25, 0.3) is 11.6 Å². The van der Waals surface area contributed by atoms with Crippen LogP contribution >= 0.6 is 39.9 Å². The van der Waals surface area contributed by atoms with Gasteiger partial charge in [0, 0.05) is 22.2 Å². The van der Waals surface area contributed by atoms with Crippen molar-refractivity contribution in [2.24, 2.45) is 0 Å². The first-order valence-corrected chi connectivity index (χ1v) is 11.8. The highest BCUT2D eigenvalue weighted by molar-refractivity contribution is 9.10. The number of nitro groups is 1. The predicted molar refractivity (Wildman–Crippen MR) is 138 cm³/mol. The van der Waals surface area contributed by atoms with Crippen molar-refractivity contribution in [1.82, 2.24) is 0 Å². The van der Waals surface area contributed by atoms with Crippen LogP contribution in [0.2, 0.25) is 0 Å². The van der Waals surface area contributed by atoms with E-state index in [2.05, 4.69) is 15.9 Å². The van der Waals surface area contributed by atoms with Crippen LogP contribution in [0.15, 0.2) is 76.1 Å². The van der Waals surface area contributed by atoms with Crippen LogP contribution in [0.25, 0.3) is 6.08 Å². The predicted octanol–water partition coefficient (Wildman–Crippen LogP) is 6.65. The molecule has 0 atom stereocenters. The van der Waals surface area contributed by atoms with Crippen LogP contribution in [0.4, 0.5) is 11.4 Å². The summed E-state index contributed by atoms with van der Waals surface area (Å²) in [5.74, 6) is 0.396. The second-order valence-electron chi connectivity index (χ2n) is 7.25. The molecule has 0 aliphatic carbocycles. The van der Waals surface area contributed by atoms with E-state index in [4.69, 9.17) is 17.0 Å². The quantitative estimate of drug-likeness (QED) is 0.151. The summed E-state index contributed by atoms with van der Waals surface area (Å²) in [5, 5.41) is 10.8. The van der Waals surface area contributed by atoms with E-state index in [0.717, 1.165) is 26.9 Å². The zero-order valence-electron chi connectivity index (χ0n) is 17.4. The van der Waals surface area contributed by atoms with E-state index in [9.17, 15) is 14.9 Å². The van der Waals surface area contributed by atoms with Crippen LogP contribution < -0.4 is 9.64 Å². The minimum absolute atomic E-state index is 0.0266. The number of non-ortho nitro benzene ring substituents is 1. The average Bonchev–Trinajstić information content (AvgIpc) is 3.07. The van der Waals surface area contributed by atoms with Gasteiger partial charge in [0.15, 0.2) is 4.32 Å². The summed E-state index contributed by atoms with van der Waals surface area (Å²) in [6, 6.07) is 19.3. The number of hydrogen-bond donors (Lipinski definition) is 0. The van der Waals surface area contributed by atoms with Gasteiger partial charge in [0.05, 0.1) is 15.5 Å². The van der Waals surface area contributed by atoms with Crippen molar-refractivity contribution in [1.29, 1.82) is 0 Å². The molecule has 0 N–H and O–H groups in total. The molecule has 3 aromatic rings. The first-order chi connectivity index (χ1) is 15.8. The van der Waals surface area contributed by atoms with Crippen molar-refractivity contribution in [3.63, 3.8) is 0 Å². The minimum atomic E-state index is -0.440. The first kappa shape index (κ1) is 23.2. The lowest BCUT2D eigenvalue weighted by Crippen LogP contribution is -2.27. The third kappa shape index (κ3) is 5.32. The van der Waals surface area contributed by atoms with E-state index >= 15 is 0 Å². The molecule has 1 heterocycles. The maximum atomic E-state index is 13.1. The lowest BCUT2D eigenvalue weighted by atomic mass is 10.1. The lowest BCUT2D eigenvalue weighted by Gasteiger charge is -2.14. The monoisotopic (exact) mass is 540 g/mol. The second-order valence-corrected chi connectivity index (χ2v) is 9.84. The SMILES string of the molecule is Cc1ccc(N2C(=O)/C(=C\c3cc(Br)ccc3OCc3ccc([N+](=O)[O-])cc3)SC2=S)cc1. The molecule has 9 heteroatoms. The van der Waals surface area contributed by atoms with Gasteiger partial charge in [-0.1, -0.05) is 57.6 Å². The highest BCUT2D eigenvalue weighted by Gasteiger charge is 2.33. The molecule has 4 rings (SSSR count). The molecule has 166 valence electrons. The van der Waals surface area contributed by atoms with Crippen LogP contribution in [-0.2, 0) is 11.4 Å². The summed E-state index contributed by atoms with van der Waals surface area (Å²) in [6.45, 7) is 2.21. The molecular weight excluding hydrogens is 524 g/mol. The number of thioether (sulfide) groups is 1. The number of amides is 1. The smallest absolute Gasteiger partial charge is 0.270 e. The minimum Gasteiger partial charge on any atom is -0.488 e. The van der Waals surface area contributed by atoms with Gasteiger partial charge < -0.3 is 4.74 Å². The topological polar surface area (TPSA) is 72.7 Å². The standard InChI is InChI=1S/C24H17BrN2O4S2/c1-15-2-7-19(8-3-15)26-23(28)22(33-24(26)32)13-17-12-18(25)6-11-21(17)31-14-16-4-9-20(10-5-16)27(29)30/h2-13H,14H2,1H3/b22-13+. The molecule has 33 heavy (non-hydrogen) atoms. The number of rotatable bonds is 6. The number of ether oxygens (including phenoxy) is 1. The summed E-state index contributed by atoms with van der Waals surface area (Å²) >= 11 is 10.2. The molecule has 1 amide bonds. The lowest BCUT2D eigenvalue weighted by molar-refractivity contribution is -0.384. The molecule has 0 saturated carbocycles. The van der Waals surface area contributed by atoms with Gasteiger partial charge in [-0.2, -0.15) is 0 Å². The maximum Gasteiger partial charge on any atom is 0.270 e. The van der Waals surface area contributed by atoms with Crippen LogP contribution in [-0.4, -0.2) is 15.2 Å². The molecule has 1 aliphatic heterocycles. The number of carbonyl (C=O) groups excluding carboxylic acids is 1. The Bertz CT molecular complexity index is 1270. The number of benzene rings is 3. The number of halogens is 1. The normalized spacial score (nSPS) is 14.7. The van der Waals surface area contributed by atoms with Crippen molar-refractivity contribution in [2.45, 2.75) is 13.5 Å². The zero-order valence-corrected chi connectivity index (χ0v) is 20.6. The highest BCUT2D eigenvalue weighted by Crippen LogP contribution is 2.37. The fraction of sp³-hybridized carbons (Fsp3) is 0.0833. The number of hydrogen-bond acceptors (Lipinski definition) is 6. The van der Waals surface area contributed by atoms with Crippen molar-refractivity contribution in [2.75, 3.05) is 4.90 Å². The third-order valence-corrected chi connectivity index (χ3v) is 6.68. The van der Waals surface area contributed by atoms with Crippen LogP contribution in [0.5, 0.6) is 5.75 Å². The van der Waals surface area contributed by atoms with Crippen molar-refractivity contribution in [3.05, 3.63) is 103 Å². The Balaban J connectivity index is 1.57. The highest BCUT2D eigenvalue weighted by atomic mass is 79.9. The summed E-state index contributed by atoms with van der Waals surface area (Å²) in [6.07, 6.45) is 1.77. The van der Waals surface area contributed by atoms with Gasteiger partial charge in [0.2, 0.25) is 0 Å². The fourth-order valence-corrected chi connectivity index (χ4v) is 4.83. The number of thiocarbonyl (C=S) groups is 1. The van der Waals surface area contributed by atoms with Crippen molar-refractivity contribution >= 4 is 67.6 Å². The van der Waals surface area contributed by atoms with E-state index in [1.807, 2.05) is 49.4 Å². The summed E-state index contributed by atoms with van der Waals surface area (Å²) in [4.78, 5) is 25.5. The molecule has 0 aromatic heterocycles. The number of nitrogens with zero attached hydrogens (tertiary/aromatic N) is 2. The molecule has 1 fully saturated rings. The largest absolute Gasteiger partial charge is 0.488 e. The Morgan fingerprint density at radius 1 is 1.12 bits per heavy atom. The van der Waals surface area contributed by atoms with Gasteiger partial charge in [-0.25, -0.2) is 0 Å². The molecule has 0 radical (unpaired) electrons. The molecule has 3 aromatic carbocycles. The molecular formula is C24H17BrN2O4S2. The molecule has 1 saturated heterocycles. The van der Waals surface area contributed by atoms with Crippen LogP contribution in [0, 0.1) is 17.0 Å². The van der Waals surface area contributed by atoms with Crippen LogP contribution in [0.1, 0.15) is 16.7 Å². The van der Waals surface area contributed by atoms with Crippen molar-refractivity contribution < 1.29 is 14.5 Å². The molecule has 6 nitrogen and oxygen atoms in total. The van der Waals surface area contributed by atoms with E-state index in [-0.39, 0.29) is 18.2 Å². The number of nitro benzene ring substituents is 1. The Kier molecular flexibility index (Phi) is 6.92. The fourth-order valence-electron chi connectivity index (χ4n) is 3.16. The van der Waals surface area contributed by atoms with Crippen LogP contribution in [0.3, 0.4) is 0 Å². The third-order valence-electron chi connectivity index (χ3n) is 4.89. The van der Waals surface area contributed by atoms with E-state index in [0.29, 0.717) is 15.0 Å². The molecule has 1 aliphatic rings.